The first-order chi connectivity index (χ1) is 7.33. The molecule has 0 atom stereocenters. The molecule has 0 heterocycles. The van der Waals surface area contributed by atoms with E-state index in [0.717, 1.165) is 12.5 Å². The van der Waals surface area contributed by atoms with Crippen LogP contribution >= 0.6 is 0 Å². The molecule has 15 heavy (non-hydrogen) atoms. The first-order valence-corrected chi connectivity index (χ1v) is 6.72. The van der Waals surface area contributed by atoms with Crippen LogP contribution in [0.4, 0.5) is 0 Å². The zero-order valence-electron chi connectivity index (χ0n) is 10.6. The predicted octanol–water partition coefficient (Wildman–Crippen LogP) is 2.50. The van der Waals surface area contributed by atoms with Gasteiger partial charge in [0, 0.05) is 6.54 Å². The number of nitrogens with zero attached hydrogens (tertiary/aromatic N) is 1. The second-order valence-electron chi connectivity index (χ2n) is 4.97. The van der Waals surface area contributed by atoms with Crippen LogP contribution in [0.5, 0.6) is 0 Å². The SMILES string of the molecule is CCNCCCCN(C)CC1CCCC1. The van der Waals surface area contributed by atoms with Gasteiger partial charge in [0.2, 0.25) is 0 Å². The molecule has 0 saturated heterocycles. The second-order valence-corrected chi connectivity index (χ2v) is 4.97. The number of rotatable bonds is 8. The Labute approximate surface area is 95.4 Å². The van der Waals surface area contributed by atoms with E-state index in [2.05, 4.69) is 24.2 Å². The van der Waals surface area contributed by atoms with Crippen molar-refractivity contribution in [3.63, 3.8) is 0 Å². The molecule has 2 heteroatoms. The van der Waals surface area contributed by atoms with E-state index in [9.17, 15) is 0 Å². The highest BCUT2D eigenvalue weighted by molar-refractivity contribution is 4.70. The monoisotopic (exact) mass is 212 g/mol. The lowest BCUT2D eigenvalue weighted by Gasteiger charge is -2.20. The van der Waals surface area contributed by atoms with Gasteiger partial charge in [-0.05, 0) is 58.3 Å². The Morgan fingerprint density at radius 3 is 2.60 bits per heavy atom. The van der Waals surface area contributed by atoms with Gasteiger partial charge in [0.05, 0.1) is 0 Å². The molecule has 0 radical (unpaired) electrons. The lowest BCUT2D eigenvalue weighted by molar-refractivity contribution is 0.273. The maximum absolute atomic E-state index is 3.38. The molecule has 1 saturated carbocycles. The number of nitrogens with one attached hydrogen (secondary N) is 1. The highest BCUT2D eigenvalue weighted by Gasteiger charge is 2.16. The average Bonchev–Trinajstić information content (AvgIpc) is 2.70. The molecule has 1 aliphatic carbocycles. The quantitative estimate of drug-likeness (QED) is 0.622. The van der Waals surface area contributed by atoms with Gasteiger partial charge >= 0.3 is 0 Å². The van der Waals surface area contributed by atoms with Crippen LogP contribution in [-0.4, -0.2) is 38.1 Å². The third kappa shape index (κ3) is 6.16. The fraction of sp³-hybridized carbons (Fsp3) is 1.00. The minimum atomic E-state index is 1.00. The molecule has 0 amide bonds. The summed E-state index contributed by atoms with van der Waals surface area (Å²) in [4.78, 5) is 2.53. The molecule has 90 valence electrons. The Morgan fingerprint density at radius 2 is 1.93 bits per heavy atom. The molecule has 1 aliphatic rings. The van der Waals surface area contributed by atoms with Crippen LogP contribution in [0, 0.1) is 5.92 Å². The molecular formula is C13H28N2. The van der Waals surface area contributed by atoms with Crippen LogP contribution in [0.25, 0.3) is 0 Å². The van der Waals surface area contributed by atoms with Gasteiger partial charge in [0.15, 0.2) is 0 Å². The van der Waals surface area contributed by atoms with Crippen molar-refractivity contribution in [3.05, 3.63) is 0 Å². The summed E-state index contributed by atoms with van der Waals surface area (Å²) in [6.07, 6.45) is 8.56. The van der Waals surface area contributed by atoms with E-state index >= 15 is 0 Å². The first kappa shape index (κ1) is 13.0. The molecular weight excluding hydrogens is 184 g/mol. The minimum Gasteiger partial charge on any atom is -0.317 e. The molecule has 0 aliphatic heterocycles. The summed E-state index contributed by atoms with van der Waals surface area (Å²) in [5.74, 6) is 1.00. The van der Waals surface area contributed by atoms with E-state index < -0.39 is 0 Å². The maximum atomic E-state index is 3.38. The van der Waals surface area contributed by atoms with Crippen molar-refractivity contribution in [3.8, 4) is 0 Å². The normalized spacial score (nSPS) is 17.8. The van der Waals surface area contributed by atoms with E-state index in [1.54, 1.807) is 0 Å². The molecule has 0 aromatic rings. The van der Waals surface area contributed by atoms with Gasteiger partial charge in [-0.1, -0.05) is 19.8 Å². The molecule has 1 rings (SSSR count). The van der Waals surface area contributed by atoms with Crippen LogP contribution in [0.15, 0.2) is 0 Å². The lowest BCUT2D eigenvalue weighted by Crippen LogP contribution is -2.26. The Hall–Kier alpha value is -0.0800. The predicted molar refractivity (Wildman–Crippen MR) is 67.2 cm³/mol. The molecule has 0 bridgehead atoms. The lowest BCUT2D eigenvalue weighted by atomic mass is 10.1. The van der Waals surface area contributed by atoms with Crippen LogP contribution < -0.4 is 5.32 Å². The van der Waals surface area contributed by atoms with Crippen molar-refractivity contribution in [2.75, 3.05) is 33.2 Å². The molecule has 1 N–H and O–H groups in total. The van der Waals surface area contributed by atoms with Gasteiger partial charge in [-0.3, -0.25) is 0 Å². The molecule has 0 aromatic carbocycles. The first-order valence-electron chi connectivity index (χ1n) is 6.72. The second kappa shape index (κ2) is 8.12. The average molecular weight is 212 g/mol. The molecule has 0 unspecified atom stereocenters. The third-order valence-electron chi connectivity index (χ3n) is 3.44. The zero-order chi connectivity index (χ0) is 10.9. The number of hydrogen-bond donors (Lipinski definition) is 1. The van der Waals surface area contributed by atoms with Gasteiger partial charge < -0.3 is 10.2 Å². The van der Waals surface area contributed by atoms with Crippen molar-refractivity contribution in [1.29, 1.82) is 0 Å². The van der Waals surface area contributed by atoms with Gasteiger partial charge in [0.25, 0.3) is 0 Å². The van der Waals surface area contributed by atoms with Crippen molar-refractivity contribution < 1.29 is 0 Å². The van der Waals surface area contributed by atoms with Crippen LogP contribution in [0.3, 0.4) is 0 Å². The molecule has 2 nitrogen and oxygen atoms in total. The van der Waals surface area contributed by atoms with Gasteiger partial charge in [-0.2, -0.15) is 0 Å². The summed E-state index contributed by atoms with van der Waals surface area (Å²) in [6.45, 7) is 7.08. The fourth-order valence-electron chi connectivity index (χ4n) is 2.53. The third-order valence-corrected chi connectivity index (χ3v) is 3.44. The smallest absolute Gasteiger partial charge is 0.000661 e. The van der Waals surface area contributed by atoms with E-state index in [1.807, 2.05) is 0 Å². The van der Waals surface area contributed by atoms with Gasteiger partial charge in [-0.15, -0.1) is 0 Å². The fourth-order valence-corrected chi connectivity index (χ4v) is 2.53. The summed E-state index contributed by atoms with van der Waals surface area (Å²) in [5.41, 5.74) is 0. The van der Waals surface area contributed by atoms with Crippen molar-refractivity contribution >= 4 is 0 Å². The zero-order valence-corrected chi connectivity index (χ0v) is 10.6. The topological polar surface area (TPSA) is 15.3 Å². The van der Waals surface area contributed by atoms with E-state index in [4.69, 9.17) is 0 Å². The summed E-state index contributed by atoms with van der Waals surface area (Å²) in [7, 11) is 2.28. The van der Waals surface area contributed by atoms with E-state index in [0.29, 0.717) is 0 Å². The van der Waals surface area contributed by atoms with Gasteiger partial charge in [-0.25, -0.2) is 0 Å². The number of hydrogen-bond acceptors (Lipinski definition) is 2. The van der Waals surface area contributed by atoms with Crippen LogP contribution in [0.1, 0.15) is 45.4 Å². The number of unbranched alkanes of at least 4 members (excludes halogenated alkanes) is 1. The van der Waals surface area contributed by atoms with Gasteiger partial charge in [0.1, 0.15) is 0 Å². The summed E-state index contributed by atoms with van der Waals surface area (Å²) in [6, 6.07) is 0. The van der Waals surface area contributed by atoms with Crippen LogP contribution in [-0.2, 0) is 0 Å². The summed E-state index contributed by atoms with van der Waals surface area (Å²) < 4.78 is 0. The Kier molecular flexibility index (Phi) is 7.03. The standard InChI is InChI=1S/C13H28N2/c1-3-14-10-6-7-11-15(2)12-13-8-4-5-9-13/h13-14H,3-12H2,1-2H3. The Morgan fingerprint density at radius 1 is 1.20 bits per heavy atom. The Bertz CT molecular complexity index is 141. The van der Waals surface area contributed by atoms with Crippen molar-refractivity contribution in [2.45, 2.75) is 45.4 Å². The largest absolute Gasteiger partial charge is 0.317 e. The minimum absolute atomic E-state index is 1.00. The summed E-state index contributed by atoms with van der Waals surface area (Å²) in [5, 5.41) is 3.38. The summed E-state index contributed by atoms with van der Waals surface area (Å²) >= 11 is 0. The van der Waals surface area contributed by atoms with Crippen molar-refractivity contribution in [2.24, 2.45) is 5.92 Å². The highest BCUT2D eigenvalue weighted by Crippen LogP contribution is 2.25. The van der Waals surface area contributed by atoms with E-state index in [1.165, 1.54) is 58.2 Å². The molecule has 1 fully saturated rings. The van der Waals surface area contributed by atoms with Crippen molar-refractivity contribution in [1.82, 2.24) is 10.2 Å². The Balaban J connectivity index is 1.91. The molecule has 0 spiro atoms. The highest BCUT2D eigenvalue weighted by atomic mass is 15.1. The molecule has 0 aromatic heterocycles. The van der Waals surface area contributed by atoms with Crippen LogP contribution in [0.2, 0.25) is 0 Å². The maximum Gasteiger partial charge on any atom is 0.000661 e. The van der Waals surface area contributed by atoms with E-state index in [-0.39, 0.29) is 0 Å².